The van der Waals surface area contributed by atoms with E-state index in [1.54, 1.807) is 4.90 Å². The van der Waals surface area contributed by atoms with Crippen LogP contribution in [0.15, 0.2) is 6.20 Å². The Bertz CT molecular complexity index is 296. The standard InChI is InChI=1S/C10H18N4O/c1-4-8(3)7-14(5-2)10(15)9-6-11-13-12-9/h6,8H,4-5,7H2,1-3H3,(H,11,12,13). The van der Waals surface area contributed by atoms with E-state index < -0.39 is 0 Å². The van der Waals surface area contributed by atoms with Gasteiger partial charge in [0.1, 0.15) is 0 Å². The first-order valence-electron chi connectivity index (χ1n) is 5.34. The normalized spacial score (nSPS) is 12.5. The van der Waals surface area contributed by atoms with Crippen LogP contribution < -0.4 is 0 Å². The molecule has 1 atom stereocenters. The van der Waals surface area contributed by atoms with Gasteiger partial charge in [0.25, 0.3) is 5.91 Å². The number of carbonyl (C=O) groups is 1. The van der Waals surface area contributed by atoms with Crippen molar-refractivity contribution >= 4 is 5.91 Å². The molecular weight excluding hydrogens is 192 g/mol. The van der Waals surface area contributed by atoms with Crippen LogP contribution in [0.3, 0.4) is 0 Å². The number of carbonyl (C=O) groups excluding carboxylic acids is 1. The van der Waals surface area contributed by atoms with Crippen LogP contribution in [0.5, 0.6) is 0 Å². The summed E-state index contributed by atoms with van der Waals surface area (Å²) in [5.74, 6) is 0.465. The number of H-pyrrole nitrogens is 1. The zero-order valence-electron chi connectivity index (χ0n) is 9.53. The van der Waals surface area contributed by atoms with Crippen LogP contribution in [-0.4, -0.2) is 39.3 Å². The Hall–Kier alpha value is -1.39. The van der Waals surface area contributed by atoms with Gasteiger partial charge in [-0.05, 0) is 12.8 Å². The van der Waals surface area contributed by atoms with Gasteiger partial charge in [-0.3, -0.25) is 4.79 Å². The van der Waals surface area contributed by atoms with Crippen molar-refractivity contribution in [2.24, 2.45) is 5.92 Å². The predicted octanol–water partition coefficient (Wildman–Crippen LogP) is 1.31. The number of nitrogens with zero attached hydrogens (tertiary/aromatic N) is 3. The average molecular weight is 210 g/mol. The molecule has 1 unspecified atom stereocenters. The van der Waals surface area contributed by atoms with Crippen molar-refractivity contribution in [3.63, 3.8) is 0 Å². The van der Waals surface area contributed by atoms with Crippen molar-refractivity contribution in [1.29, 1.82) is 0 Å². The van der Waals surface area contributed by atoms with Gasteiger partial charge in [0.2, 0.25) is 0 Å². The smallest absolute Gasteiger partial charge is 0.276 e. The van der Waals surface area contributed by atoms with Gasteiger partial charge in [-0.1, -0.05) is 20.3 Å². The van der Waals surface area contributed by atoms with Gasteiger partial charge in [-0.15, -0.1) is 0 Å². The van der Waals surface area contributed by atoms with Gasteiger partial charge in [0.05, 0.1) is 6.20 Å². The molecule has 84 valence electrons. The summed E-state index contributed by atoms with van der Waals surface area (Å²) in [6.45, 7) is 7.72. The topological polar surface area (TPSA) is 61.9 Å². The molecule has 0 bridgehead atoms. The van der Waals surface area contributed by atoms with Crippen LogP contribution in [0.4, 0.5) is 0 Å². The molecule has 0 aliphatic rings. The Kier molecular flexibility index (Phi) is 4.27. The van der Waals surface area contributed by atoms with Crippen molar-refractivity contribution in [2.75, 3.05) is 13.1 Å². The highest BCUT2D eigenvalue weighted by Crippen LogP contribution is 2.07. The van der Waals surface area contributed by atoms with Gasteiger partial charge >= 0.3 is 0 Å². The van der Waals surface area contributed by atoms with Crippen molar-refractivity contribution in [2.45, 2.75) is 27.2 Å². The third-order valence-electron chi connectivity index (χ3n) is 2.53. The summed E-state index contributed by atoms with van der Waals surface area (Å²) < 4.78 is 0. The highest BCUT2D eigenvalue weighted by atomic mass is 16.2. The number of aromatic amines is 1. The summed E-state index contributed by atoms with van der Waals surface area (Å²) in [5, 5.41) is 9.88. The van der Waals surface area contributed by atoms with Crippen molar-refractivity contribution in [1.82, 2.24) is 20.3 Å². The molecule has 0 radical (unpaired) electrons. The molecule has 0 saturated carbocycles. The number of aromatic nitrogens is 3. The number of hydrogen-bond donors (Lipinski definition) is 1. The van der Waals surface area contributed by atoms with Gasteiger partial charge in [-0.25, -0.2) is 0 Å². The molecule has 1 amide bonds. The van der Waals surface area contributed by atoms with Crippen LogP contribution in [0.25, 0.3) is 0 Å². The monoisotopic (exact) mass is 210 g/mol. The summed E-state index contributed by atoms with van der Waals surface area (Å²) in [6.07, 6.45) is 2.53. The average Bonchev–Trinajstić information content (AvgIpc) is 2.77. The van der Waals surface area contributed by atoms with E-state index in [9.17, 15) is 4.79 Å². The Morgan fingerprint density at radius 2 is 2.33 bits per heavy atom. The van der Waals surface area contributed by atoms with Crippen LogP contribution in [0, 0.1) is 5.92 Å². The third-order valence-corrected chi connectivity index (χ3v) is 2.53. The predicted molar refractivity (Wildman–Crippen MR) is 57.4 cm³/mol. The SMILES string of the molecule is CCC(C)CN(CC)C(=O)c1cn[nH]n1. The summed E-state index contributed by atoms with van der Waals surface area (Å²) >= 11 is 0. The second-order valence-electron chi connectivity index (χ2n) is 3.71. The number of nitrogens with one attached hydrogen (secondary N) is 1. The molecule has 1 rings (SSSR count). The molecule has 15 heavy (non-hydrogen) atoms. The fourth-order valence-electron chi connectivity index (χ4n) is 1.33. The molecule has 0 spiro atoms. The van der Waals surface area contributed by atoms with E-state index in [0.29, 0.717) is 18.2 Å². The molecular formula is C10H18N4O. The first-order valence-corrected chi connectivity index (χ1v) is 5.34. The first-order chi connectivity index (χ1) is 7.19. The van der Waals surface area contributed by atoms with Gasteiger partial charge in [0, 0.05) is 13.1 Å². The van der Waals surface area contributed by atoms with Gasteiger partial charge < -0.3 is 4.90 Å². The Balaban J connectivity index is 2.63. The summed E-state index contributed by atoms with van der Waals surface area (Å²) in [7, 11) is 0. The first kappa shape index (κ1) is 11.7. The van der Waals surface area contributed by atoms with Gasteiger partial charge in [0.15, 0.2) is 5.69 Å². The summed E-state index contributed by atoms with van der Waals surface area (Å²) in [4.78, 5) is 13.7. The lowest BCUT2D eigenvalue weighted by molar-refractivity contribution is 0.0735. The second-order valence-corrected chi connectivity index (χ2v) is 3.71. The number of hydrogen-bond acceptors (Lipinski definition) is 3. The van der Waals surface area contributed by atoms with E-state index in [-0.39, 0.29) is 5.91 Å². The van der Waals surface area contributed by atoms with E-state index in [2.05, 4.69) is 29.3 Å². The van der Waals surface area contributed by atoms with Crippen LogP contribution in [0.1, 0.15) is 37.7 Å². The van der Waals surface area contributed by atoms with Gasteiger partial charge in [-0.2, -0.15) is 15.4 Å². The Morgan fingerprint density at radius 3 is 2.80 bits per heavy atom. The Labute approximate surface area is 89.9 Å². The Morgan fingerprint density at radius 1 is 1.60 bits per heavy atom. The molecule has 0 aliphatic heterocycles. The number of amides is 1. The lowest BCUT2D eigenvalue weighted by atomic mass is 10.1. The third kappa shape index (κ3) is 3.04. The molecule has 5 nitrogen and oxygen atoms in total. The highest BCUT2D eigenvalue weighted by Gasteiger charge is 2.17. The number of rotatable bonds is 5. The lowest BCUT2D eigenvalue weighted by Gasteiger charge is -2.22. The highest BCUT2D eigenvalue weighted by molar-refractivity contribution is 5.91. The molecule has 1 N–H and O–H groups in total. The van der Waals surface area contributed by atoms with E-state index in [0.717, 1.165) is 13.0 Å². The lowest BCUT2D eigenvalue weighted by Crippen LogP contribution is -2.34. The van der Waals surface area contributed by atoms with Crippen LogP contribution in [0.2, 0.25) is 0 Å². The minimum absolute atomic E-state index is 0.0495. The van der Waals surface area contributed by atoms with Crippen molar-refractivity contribution in [3.8, 4) is 0 Å². The summed E-state index contributed by atoms with van der Waals surface area (Å²) in [5.41, 5.74) is 0.389. The van der Waals surface area contributed by atoms with E-state index in [4.69, 9.17) is 0 Å². The largest absolute Gasteiger partial charge is 0.337 e. The quantitative estimate of drug-likeness (QED) is 0.797. The molecule has 5 heteroatoms. The molecule has 0 aromatic carbocycles. The maximum absolute atomic E-state index is 11.9. The molecule has 0 saturated heterocycles. The maximum atomic E-state index is 11.9. The zero-order valence-corrected chi connectivity index (χ0v) is 9.53. The second kappa shape index (κ2) is 5.48. The molecule has 0 fully saturated rings. The minimum Gasteiger partial charge on any atom is -0.337 e. The maximum Gasteiger partial charge on any atom is 0.276 e. The van der Waals surface area contributed by atoms with Crippen LogP contribution in [-0.2, 0) is 0 Å². The van der Waals surface area contributed by atoms with Crippen LogP contribution >= 0.6 is 0 Å². The van der Waals surface area contributed by atoms with Crippen molar-refractivity contribution in [3.05, 3.63) is 11.9 Å². The fourth-order valence-corrected chi connectivity index (χ4v) is 1.33. The molecule has 1 aromatic rings. The molecule has 1 heterocycles. The van der Waals surface area contributed by atoms with E-state index in [1.807, 2.05) is 6.92 Å². The van der Waals surface area contributed by atoms with Crippen molar-refractivity contribution < 1.29 is 4.79 Å². The summed E-state index contributed by atoms with van der Waals surface area (Å²) in [6, 6.07) is 0. The van der Waals surface area contributed by atoms with E-state index >= 15 is 0 Å². The molecule has 0 aliphatic carbocycles. The molecule has 1 aromatic heterocycles. The van der Waals surface area contributed by atoms with E-state index in [1.165, 1.54) is 6.20 Å². The zero-order chi connectivity index (χ0) is 11.3. The fraction of sp³-hybridized carbons (Fsp3) is 0.700. The minimum atomic E-state index is -0.0495.